The minimum atomic E-state index is -0.239. The number of para-hydroxylation sites is 1. The lowest BCUT2D eigenvalue weighted by Crippen LogP contribution is -2.40. The summed E-state index contributed by atoms with van der Waals surface area (Å²) in [7, 11) is 2.11. The van der Waals surface area contributed by atoms with Crippen molar-refractivity contribution in [2.45, 2.75) is 30.8 Å². The molecule has 6 nitrogen and oxygen atoms in total. The number of hydrogen-bond acceptors (Lipinski definition) is 6. The number of nitrogens with zero attached hydrogens (tertiary/aromatic N) is 4. The van der Waals surface area contributed by atoms with Gasteiger partial charge in [-0.1, -0.05) is 66.5 Å². The summed E-state index contributed by atoms with van der Waals surface area (Å²) in [6.45, 7) is 6.19. The molecule has 2 aliphatic heterocycles. The number of amides is 1. The van der Waals surface area contributed by atoms with Gasteiger partial charge in [-0.05, 0) is 42.4 Å². The molecule has 1 N–H and O–H groups in total. The van der Waals surface area contributed by atoms with Crippen molar-refractivity contribution < 1.29 is 4.79 Å². The number of hydrogen-bond donors (Lipinski definition) is 1. The van der Waals surface area contributed by atoms with Gasteiger partial charge < -0.3 is 10.2 Å². The number of carbonyl (C=O) groups excluding carboxylic acids is 1. The van der Waals surface area contributed by atoms with Crippen molar-refractivity contribution in [3.63, 3.8) is 0 Å². The van der Waals surface area contributed by atoms with Crippen LogP contribution in [-0.4, -0.2) is 40.2 Å². The Morgan fingerprint density at radius 3 is 2.59 bits per heavy atom. The van der Waals surface area contributed by atoms with Crippen molar-refractivity contribution in [3.8, 4) is 0 Å². The van der Waals surface area contributed by atoms with E-state index >= 15 is 0 Å². The van der Waals surface area contributed by atoms with Crippen LogP contribution in [0.15, 0.2) is 41.6 Å². The maximum Gasteiger partial charge on any atom is 0.263 e. The van der Waals surface area contributed by atoms with Crippen LogP contribution < -0.4 is 10.2 Å². The van der Waals surface area contributed by atoms with Gasteiger partial charge in [-0.15, -0.1) is 0 Å². The second-order valence-electron chi connectivity index (χ2n) is 9.16. The van der Waals surface area contributed by atoms with Gasteiger partial charge in [0.25, 0.3) is 5.91 Å². The Bertz CT molecular complexity index is 1300. The van der Waals surface area contributed by atoms with E-state index in [9.17, 15) is 4.79 Å². The Hall–Kier alpha value is -2.03. The van der Waals surface area contributed by atoms with Crippen LogP contribution in [0, 0.1) is 0 Å². The molecule has 0 radical (unpaired) electrons. The lowest BCUT2D eigenvalue weighted by atomic mass is 9.78. The third-order valence-corrected chi connectivity index (χ3v) is 7.86. The van der Waals surface area contributed by atoms with E-state index in [-0.39, 0.29) is 11.3 Å². The molecule has 5 rings (SSSR count). The number of anilines is 3. The minimum absolute atomic E-state index is 0.0340. The zero-order valence-electron chi connectivity index (χ0n) is 18.8. The summed E-state index contributed by atoms with van der Waals surface area (Å²) < 4.78 is 0. The lowest BCUT2D eigenvalue weighted by Gasteiger charge is -2.39. The van der Waals surface area contributed by atoms with Crippen LogP contribution in [0.3, 0.4) is 0 Å². The van der Waals surface area contributed by atoms with Crippen molar-refractivity contribution >= 4 is 69.8 Å². The summed E-state index contributed by atoms with van der Waals surface area (Å²) in [5.41, 5.74) is 4.05. The third-order valence-electron chi connectivity index (χ3n) is 5.98. The predicted octanol–water partition coefficient (Wildman–Crippen LogP) is 6.61. The molecule has 3 heterocycles. The molecule has 1 aromatic heterocycles. The number of nitrogens with one attached hydrogen (secondary N) is 1. The largest absolute Gasteiger partial charge is 0.324 e. The number of thioether (sulfide) groups is 1. The van der Waals surface area contributed by atoms with Crippen LogP contribution in [0.25, 0.3) is 0 Å². The molecule has 1 amide bonds. The van der Waals surface area contributed by atoms with E-state index in [0.29, 0.717) is 38.1 Å². The first kappa shape index (κ1) is 23.7. The van der Waals surface area contributed by atoms with Gasteiger partial charge in [0.1, 0.15) is 5.03 Å². The third kappa shape index (κ3) is 4.25. The number of likely N-dealkylation sites (N-methyl/N-ethyl adjacent to an activating group) is 1. The molecule has 176 valence electrons. The molecule has 0 bridgehead atoms. The monoisotopic (exact) mass is 533 g/mol. The van der Waals surface area contributed by atoms with Gasteiger partial charge in [0.2, 0.25) is 5.95 Å². The number of rotatable bonds is 3. The molecule has 0 spiro atoms. The molecule has 0 fully saturated rings. The highest BCUT2D eigenvalue weighted by molar-refractivity contribution is 7.99. The fourth-order valence-corrected chi connectivity index (χ4v) is 6.81. The molecule has 2 aromatic carbocycles. The molecular weight excluding hydrogens is 513 g/mol. The van der Waals surface area contributed by atoms with Crippen LogP contribution in [0.1, 0.15) is 35.3 Å². The van der Waals surface area contributed by atoms with Crippen molar-refractivity contribution in [2.75, 3.05) is 29.7 Å². The zero-order chi connectivity index (χ0) is 24.2. The molecule has 0 atom stereocenters. The Labute approximate surface area is 217 Å². The first-order chi connectivity index (χ1) is 16.1. The standard InChI is InChI=1S/C24H22Cl3N5OS/c1-24(2)11-31(3)10-13-7-14(8-18(27)19(13)24)29-23-28-9-15-21(30-23)34-12-32(22(15)33)20-16(25)5-4-6-17(20)26/h4-9H,10-12H2,1-3H3,(H,28,29,30). The summed E-state index contributed by atoms with van der Waals surface area (Å²) in [6, 6.07) is 9.18. The van der Waals surface area contributed by atoms with Gasteiger partial charge in [-0.2, -0.15) is 0 Å². The van der Waals surface area contributed by atoms with Crippen LogP contribution in [0.4, 0.5) is 17.3 Å². The van der Waals surface area contributed by atoms with E-state index in [0.717, 1.165) is 23.8 Å². The molecular formula is C24H22Cl3N5OS. The van der Waals surface area contributed by atoms with Gasteiger partial charge in [-0.25, -0.2) is 9.97 Å². The van der Waals surface area contributed by atoms with Gasteiger partial charge in [0.05, 0.1) is 27.2 Å². The minimum Gasteiger partial charge on any atom is -0.324 e. The van der Waals surface area contributed by atoms with Gasteiger partial charge in [-0.3, -0.25) is 9.69 Å². The summed E-state index contributed by atoms with van der Waals surface area (Å²) in [6.07, 6.45) is 1.54. The van der Waals surface area contributed by atoms with Crippen LogP contribution >= 0.6 is 46.6 Å². The van der Waals surface area contributed by atoms with E-state index in [1.807, 2.05) is 6.07 Å². The average molecular weight is 535 g/mol. The predicted molar refractivity (Wildman–Crippen MR) is 140 cm³/mol. The van der Waals surface area contributed by atoms with Crippen molar-refractivity contribution in [3.05, 3.63) is 68.3 Å². The smallest absolute Gasteiger partial charge is 0.263 e. The van der Waals surface area contributed by atoms with E-state index in [2.05, 4.69) is 47.1 Å². The molecule has 0 unspecified atom stereocenters. The number of carbonyl (C=O) groups is 1. The second kappa shape index (κ2) is 8.88. The fourth-order valence-electron chi connectivity index (χ4n) is 4.77. The summed E-state index contributed by atoms with van der Waals surface area (Å²) in [4.78, 5) is 26.0. The highest BCUT2D eigenvalue weighted by Crippen LogP contribution is 2.41. The lowest BCUT2D eigenvalue weighted by molar-refractivity contribution is 0.0985. The summed E-state index contributed by atoms with van der Waals surface area (Å²) >= 11 is 20.8. The molecule has 3 aromatic rings. The van der Waals surface area contributed by atoms with Gasteiger partial charge >= 0.3 is 0 Å². The maximum atomic E-state index is 13.2. The molecule has 2 aliphatic rings. The Morgan fingerprint density at radius 2 is 1.85 bits per heavy atom. The highest BCUT2D eigenvalue weighted by atomic mass is 35.5. The fraction of sp³-hybridized carbons (Fsp3) is 0.292. The van der Waals surface area contributed by atoms with E-state index in [1.54, 1.807) is 23.1 Å². The van der Waals surface area contributed by atoms with Crippen LogP contribution in [0.5, 0.6) is 0 Å². The molecule has 0 aliphatic carbocycles. The van der Waals surface area contributed by atoms with Crippen LogP contribution in [-0.2, 0) is 12.0 Å². The SMILES string of the molecule is CN1Cc2cc(Nc3ncc4c(n3)SCN(c3c(Cl)cccc3Cl)C4=O)cc(Cl)c2C(C)(C)C1. The number of fused-ring (bicyclic) bond motifs is 2. The van der Waals surface area contributed by atoms with Gasteiger partial charge in [0.15, 0.2) is 0 Å². The number of aromatic nitrogens is 2. The molecule has 0 saturated carbocycles. The number of benzene rings is 2. The van der Waals surface area contributed by atoms with Crippen molar-refractivity contribution in [2.24, 2.45) is 0 Å². The quantitative estimate of drug-likeness (QED) is 0.381. The highest BCUT2D eigenvalue weighted by Gasteiger charge is 2.33. The summed E-state index contributed by atoms with van der Waals surface area (Å²) in [5.74, 6) is 0.512. The normalized spacial score (nSPS) is 17.4. The second-order valence-corrected chi connectivity index (χ2v) is 11.3. The Morgan fingerprint density at radius 1 is 1.12 bits per heavy atom. The number of halogens is 3. The van der Waals surface area contributed by atoms with Crippen molar-refractivity contribution in [1.29, 1.82) is 0 Å². The zero-order valence-corrected chi connectivity index (χ0v) is 21.9. The topological polar surface area (TPSA) is 61.4 Å². The van der Waals surface area contributed by atoms with E-state index in [1.165, 1.54) is 29.1 Å². The van der Waals surface area contributed by atoms with Crippen molar-refractivity contribution in [1.82, 2.24) is 14.9 Å². The molecule has 10 heteroatoms. The van der Waals surface area contributed by atoms with E-state index in [4.69, 9.17) is 34.8 Å². The average Bonchev–Trinajstić information content (AvgIpc) is 2.73. The maximum absolute atomic E-state index is 13.2. The van der Waals surface area contributed by atoms with E-state index < -0.39 is 0 Å². The summed E-state index contributed by atoms with van der Waals surface area (Å²) in [5, 5.41) is 5.43. The Kier molecular flexibility index (Phi) is 6.19. The Balaban J connectivity index is 1.42. The van der Waals surface area contributed by atoms with Crippen LogP contribution in [0.2, 0.25) is 15.1 Å². The molecule has 34 heavy (non-hydrogen) atoms. The molecule has 0 saturated heterocycles. The first-order valence-electron chi connectivity index (χ1n) is 10.7. The first-order valence-corrected chi connectivity index (χ1v) is 12.8. The van der Waals surface area contributed by atoms with Gasteiger partial charge in [0, 0.05) is 35.4 Å².